The summed E-state index contributed by atoms with van der Waals surface area (Å²) < 4.78 is 0. The van der Waals surface area contributed by atoms with Crippen molar-refractivity contribution in [3.8, 4) is 0 Å². The molecule has 0 aromatic carbocycles. The van der Waals surface area contributed by atoms with E-state index in [4.69, 9.17) is 11.6 Å². The van der Waals surface area contributed by atoms with Gasteiger partial charge in [-0.25, -0.2) is 0 Å². The molecule has 1 N–H and O–H groups in total. The SMILES string of the molecule is CC(C)c1nccc2n[nH]c(Cl)c12. The van der Waals surface area contributed by atoms with Crippen LogP contribution >= 0.6 is 11.6 Å². The van der Waals surface area contributed by atoms with Gasteiger partial charge >= 0.3 is 0 Å². The first-order valence-corrected chi connectivity index (χ1v) is 4.56. The van der Waals surface area contributed by atoms with Crippen molar-refractivity contribution in [2.24, 2.45) is 0 Å². The maximum absolute atomic E-state index is 5.96. The van der Waals surface area contributed by atoms with Crippen LogP contribution in [0.2, 0.25) is 5.15 Å². The lowest BCUT2D eigenvalue weighted by molar-refractivity contribution is 0.835. The molecule has 68 valence electrons. The average molecular weight is 196 g/mol. The molecule has 0 fully saturated rings. The van der Waals surface area contributed by atoms with Crippen molar-refractivity contribution in [1.82, 2.24) is 15.2 Å². The highest BCUT2D eigenvalue weighted by molar-refractivity contribution is 6.34. The summed E-state index contributed by atoms with van der Waals surface area (Å²) in [5, 5.41) is 8.33. The lowest BCUT2D eigenvalue weighted by Gasteiger charge is -2.04. The Morgan fingerprint density at radius 1 is 1.46 bits per heavy atom. The van der Waals surface area contributed by atoms with Crippen LogP contribution in [0.1, 0.15) is 25.5 Å². The van der Waals surface area contributed by atoms with Gasteiger partial charge in [0.25, 0.3) is 0 Å². The molecule has 0 bridgehead atoms. The van der Waals surface area contributed by atoms with Crippen LogP contribution in [0.4, 0.5) is 0 Å². The van der Waals surface area contributed by atoms with Crippen LogP contribution in [-0.4, -0.2) is 15.2 Å². The zero-order valence-electron chi connectivity index (χ0n) is 7.50. The standard InChI is InChI=1S/C9H10ClN3/c1-5(2)8-7-6(3-4-11-8)12-13-9(7)10/h3-5H,1-2H3,(H,12,13). The maximum atomic E-state index is 5.96. The number of rotatable bonds is 1. The van der Waals surface area contributed by atoms with Crippen molar-refractivity contribution >= 4 is 22.5 Å². The number of halogens is 1. The van der Waals surface area contributed by atoms with Crippen molar-refractivity contribution in [2.75, 3.05) is 0 Å². The minimum Gasteiger partial charge on any atom is -0.266 e. The predicted octanol–water partition coefficient (Wildman–Crippen LogP) is 2.73. The van der Waals surface area contributed by atoms with E-state index >= 15 is 0 Å². The van der Waals surface area contributed by atoms with E-state index in [1.807, 2.05) is 6.07 Å². The number of nitrogens with one attached hydrogen (secondary N) is 1. The fourth-order valence-corrected chi connectivity index (χ4v) is 1.62. The Morgan fingerprint density at radius 3 is 2.92 bits per heavy atom. The highest BCUT2D eigenvalue weighted by atomic mass is 35.5. The maximum Gasteiger partial charge on any atom is 0.133 e. The lowest BCUT2D eigenvalue weighted by atomic mass is 10.1. The van der Waals surface area contributed by atoms with Crippen LogP contribution in [0.25, 0.3) is 10.9 Å². The van der Waals surface area contributed by atoms with Crippen LogP contribution in [0.15, 0.2) is 12.3 Å². The Morgan fingerprint density at radius 2 is 2.23 bits per heavy atom. The molecule has 0 unspecified atom stereocenters. The van der Waals surface area contributed by atoms with Gasteiger partial charge in [0.05, 0.1) is 16.6 Å². The summed E-state index contributed by atoms with van der Waals surface area (Å²) in [5.41, 5.74) is 1.87. The Kier molecular flexibility index (Phi) is 1.96. The first-order chi connectivity index (χ1) is 6.20. The predicted molar refractivity (Wildman–Crippen MR) is 53.0 cm³/mol. The van der Waals surface area contributed by atoms with Gasteiger partial charge in [-0.2, -0.15) is 5.10 Å². The number of aromatic amines is 1. The van der Waals surface area contributed by atoms with Crippen LogP contribution in [0.3, 0.4) is 0 Å². The highest BCUT2D eigenvalue weighted by Crippen LogP contribution is 2.27. The zero-order valence-corrected chi connectivity index (χ0v) is 8.26. The number of hydrogen-bond acceptors (Lipinski definition) is 2. The van der Waals surface area contributed by atoms with Gasteiger partial charge in [-0.1, -0.05) is 25.4 Å². The number of nitrogens with zero attached hydrogens (tertiary/aromatic N) is 2. The Hall–Kier alpha value is -1.09. The minimum atomic E-state index is 0.360. The third-order valence-electron chi connectivity index (χ3n) is 2.00. The van der Waals surface area contributed by atoms with Crippen molar-refractivity contribution in [1.29, 1.82) is 0 Å². The third kappa shape index (κ3) is 1.29. The third-order valence-corrected chi connectivity index (χ3v) is 2.27. The second kappa shape index (κ2) is 3.00. The first kappa shape index (κ1) is 8.51. The van der Waals surface area contributed by atoms with Gasteiger partial charge in [-0.05, 0) is 12.0 Å². The van der Waals surface area contributed by atoms with Gasteiger partial charge in [-0.3, -0.25) is 10.1 Å². The fraction of sp³-hybridized carbons (Fsp3) is 0.333. The summed E-state index contributed by atoms with van der Waals surface area (Å²) in [6.45, 7) is 4.18. The molecule has 0 amide bonds. The van der Waals surface area contributed by atoms with E-state index in [0.29, 0.717) is 11.1 Å². The number of H-pyrrole nitrogens is 1. The second-order valence-electron chi connectivity index (χ2n) is 3.28. The zero-order chi connectivity index (χ0) is 9.42. The summed E-state index contributed by atoms with van der Waals surface area (Å²) >= 11 is 5.96. The summed E-state index contributed by atoms with van der Waals surface area (Å²) in [7, 11) is 0. The molecule has 0 saturated heterocycles. The Labute approximate surface area is 81.1 Å². The molecule has 0 aliphatic heterocycles. The van der Waals surface area contributed by atoms with Crippen molar-refractivity contribution in [3.63, 3.8) is 0 Å². The van der Waals surface area contributed by atoms with Gasteiger partial charge < -0.3 is 0 Å². The van der Waals surface area contributed by atoms with Crippen LogP contribution in [-0.2, 0) is 0 Å². The fourth-order valence-electron chi connectivity index (χ4n) is 1.39. The molecule has 2 aromatic rings. The van der Waals surface area contributed by atoms with Crippen molar-refractivity contribution in [3.05, 3.63) is 23.1 Å². The van der Waals surface area contributed by atoms with E-state index in [2.05, 4.69) is 29.0 Å². The molecule has 0 saturated carbocycles. The quantitative estimate of drug-likeness (QED) is 0.760. The summed E-state index contributed by atoms with van der Waals surface area (Å²) in [6.07, 6.45) is 1.76. The Bertz CT molecular complexity index is 433. The van der Waals surface area contributed by atoms with Crippen molar-refractivity contribution < 1.29 is 0 Å². The second-order valence-corrected chi connectivity index (χ2v) is 3.66. The molecule has 0 atom stereocenters. The number of pyridine rings is 1. The number of fused-ring (bicyclic) bond motifs is 1. The molecule has 0 aliphatic carbocycles. The first-order valence-electron chi connectivity index (χ1n) is 4.18. The monoisotopic (exact) mass is 195 g/mol. The minimum absolute atomic E-state index is 0.360. The van der Waals surface area contributed by atoms with E-state index in [-0.39, 0.29) is 0 Å². The smallest absolute Gasteiger partial charge is 0.133 e. The number of aromatic nitrogens is 3. The van der Waals surface area contributed by atoms with Gasteiger partial charge in [0, 0.05) is 6.20 Å². The van der Waals surface area contributed by atoms with Gasteiger partial charge in [0.1, 0.15) is 5.15 Å². The molecular weight excluding hydrogens is 186 g/mol. The molecule has 2 heterocycles. The van der Waals surface area contributed by atoms with E-state index in [1.165, 1.54) is 0 Å². The van der Waals surface area contributed by atoms with Gasteiger partial charge in [0.15, 0.2) is 0 Å². The topological polar surface area (TPSA) is 41.6 Å². The van der Waals surface area contributed by atoms with Crippen LogP contribution < -0.4 is 0 Å². The van der Waals surface area contributed by atoms with Crippen molar-refractivity contribution in [2.45, 2.75) is 19.8 Å². The molecule has 0 radical (unpaired) electrons. The molecule has 4 heteroatoms. The van der Waals surface area contributed by atoms with Crippen LogP contribution in [0, 0.1) is 0 Å². The van der Waals surface area contributed by atoms with E-state index in [0.717, 1.165) is 16.6 Å². The van der Waals surface area contributed by atoms with Gasteiger partial charge in [-0.15, -0.1) is 0 Å². The summed E-state index contributed by atoms with van der Waals surface area (Å²) in [4.78, 5) is 4.30. The molecule has 2 rings (SSSR count). The van der Waals surface area contributed by atoms with E-state index < -0.39 is 0 Å². The molecule has 0 aliphatic rings. The molecule has 0 spiro atoms. The number of hydrogen-bond donors (Lipinski definition) is 1. The van der Waals surface area contributed by atoms with E-state index in [9.17, 15) is 0 Å². The normalized spacial score (nSPS) is 11.4. The summed E-state index contributed by atoms with van der Waals surface area (Å²) in [6, 6.07) is 1.85. The average Bonchev–Trinajstić information content (AvgIpc) is 2.48. The van der Waals surface area contributed by atoms with Crippen LogP contribution in [0.5, 0.6) is 0 Å². The molecule has 3 nitrogen and oxygen atoms in total. The summed E-state index contributed by atoms with van der Waals surface area (Å²) in [5.74, 6) is 0.360. The highest BCUT2D eigenvalue weighted by Gasteiger charge is 2.11. The Balaban J connectivity index is 2.80. The molecule has 13 heavy (non-hydrogen) atoms. The molecular formula is C9H10ClN3. The largest absolute Gasteiger partial charge is 0.266 e. The van der Waals surface area contributed by atoms with Gasteiger partial charge in [0.2, 0.25) is 0 Å². The molecule has 2 aromatic heterocycles. The lowest BCUT2D eigenvalue weighted by Crippen LogP contribution is -1.92. The van der Waals surface area contributed by atoms with E-state index in [1.54, 1.807) is 6.20 Å².